The highest BCUT2D eigenvalue weighted by Gasteiger charge is 2.52. The van der Waals surface area contributed by atoms with E-state index in [0.717, 1.165) is 41.7 Å². The number of aromatic nitrogens is 4. The second kappa shape index (κ2) is 11.4. The highest BCUT2D eigenvalue weighted by molar-refractivity contribution is 5.87. The summed E-state index contributed by atoms with van der Waals surface area (Å²) < 4.78 is 50.5. The number of carbonyl (C=O) groups excluding carboxylic acids is 1. The van der Waals surface area contributed by atoms with Gasteiger partial charge in [-0.1, -0.05) is 71.9 Å². The van der Waals surface area contributed by atoms with Crippen molar-refractivity contribution in [1.29, 1.82) is 0 Å². The minimum Gasteiger partial charge on any atom is -0.465 e. The quantitative estimate of drug-likeness (QED) is 0.180. The molecule has 1 fully saturated rings. The number of nitrogens with zero attached hydrogens (tertiary/aromatic N) is 3. The van der Waals surface area contributed by atoms with Crippen molar-refractivity contribution in [2.75, 3.05) is 6.61 Å². The second-order valence-electron chi connectivity index (χ2n) is 10.9. The number of rotatable bonds is 9. The zero-order valence-electron chi connectivity index (χ0n) is 24.0. The van der Waals surface area contributed by atoms with Crippen LogP contribution in [0.15, 0.2) is 77.3 Å². The molecule has 8 nitrogen and oxygen atoms in total. The first-order valence-corrected chi connectivity index (χ1v) is 14.2. The van der Waals surface area contributed by atoms with Gasteiger partial charge in [0, 0.05) is 12.0 Å². The van der Waals surface area contributed by atoms with Gasteiger partial charge in [0.05, 0.1) is 34.5 Å². The number of hydrogen-bond donors (Lipinski definition) is 2. The Morgan fingerprint density at radius 3 is 2.32 bits per heavy atom. The summed E-state index contributed by atoms with van der Waals surface area (Å²) >= 11 is 0. The number of carbonyl (C=O) groups is 1. The number of aliphatic hydroxyl groups excluding tert-OH is 1. The molecule has 0 spiro atoms. The average molecular weight is 603 g/mol. The normalized spacial score (nSPS) is 14.8. The van der Waals surface area contributed by atoms with Gasteiger partial charge in [0.15, 0.2) is 5.76 Å². The standard InChI is InChI=1S/C33H29F3N4O4/c1-3-43-31(42)32(15-16-32)24-13-11-22(12-14-24)21-7-9-23(10-8-21)30-27(19(2)39-44-30)29(41)28-26(37-40-38-28)18-20-5-4-6-25(17-20)33(34,35)36/h4-14,17,29,41H,3,15-16,18H2,1-2H3,(H,37,38,40). The van der Waals surface area contributed by atoms with E-state index in [9.17, 15) is 23.1 Å². The first-order chi connectivity index (χ1) is 21.1. The van der Waals surface area contributed by atoms with E-state index >= 15 is 0 Å². The number of aromatic amines is 1. The summed E-state index contributed by atoms with van der Waals surface area (Å²) in [6.07, 6.45) is -4.17. The zero-order chi connectivity index (χ0) is 31.1. The van der Waals surface area contributed by atoms with Gasteiger partial charge in [-0.05, 0) is 55.0 Å². The number of halogens is 3. The number of aryl methyl sites for hydroxylation is 1. The Morgan fingerprint density at radius 1 is 1.02 bits per heavy atom. The Morgan fingerprint density at radius 2 is 1.68 bits per heavy atom. The molecule has 44 heavy (non-hydrogen) atoms. The van der Waals surface area contributed by atoms with E-state index in [2.05, 4.69) is 20.6 Å². The Labute approximate surface area is 250 Å². The summed E-state index contributed by atoms with van der Waals surface area (Å²) in [6.45, 7) is 3.85. The highest BCUT2D eigenvalue weighted by atomic mass is 19.4. The molecule has 226 valence electrons. The van der Waals surface area contributed by atoms with E-state index in [1.807, 2.05) is 48.5 Å². The van der Waals surface area contributed by atoms with Crippen LogP contribution in [0.5, 0.6) is 0 Å². The van der Waals surface area contributed by atoms with E-state index in [1.54, 1.807) is 19.9 Å². The molecule has 2 N–H and O–H groups in total. The molecule has 1 atom stereocenters. The number of H-pyrrole nitrogens is 1. The topological polar surface area (TPSA) is 114 Å². The number of esters is 1. The third-order valence-electron chi connectivity index (χ3n) is 8.05. The molecular formula is C33H29F3N4O4. The van der Waals surface area contributed by atoms with Crippen molar-refractivity contribution in [2.45, 2.75) is 50.8 Å². The average Bonchev–Trinajstić information content (AvgIpc) is 3.56. The van der Waals surface area contributed by atoms with Crippen LogP contribution in [-0.2, 0) is 27.5 Å². The van der Waals surface area contributed by atoms with Crippen molar-refractivity contribution in [3.63, 3.8) is 0 Å². The van der Waals surface area contributed by atoms with Gasteiger partial charge in [-0.2, -0.15) is 28.6 Å². The van der Waals surface area contributed by atoms with Crippen LogP contribution in [0, 0.1) is 6.92 Å². The van der Waals surface area contributed by atoms with Crippen molar-refractivity contribution < 1.29 is 32.3 Å². The molecule has 0 aliphatic heterocycles. The van der Waals surface area contributed by atoms with Crippen LogP contribution in [0.25, 0.3) is 22.5 Å². The number of alkyl halides is 3. The van der Waals surface area contributed by atoms with Gasteiger partial charge in [-0.25, -0.2) is 0 Å². The predicted octanol–water partition coefficient (Wildman–Crippen LogP) is 6.72. The first-order valence-electron chi connectivity index (χ1n) is 14.2. The number of hydrogen-bond acceptors (Lipinski definition) is 7. The van der Waals surface area contributed by atoms with E-state index in [1.165, 1.54) is 6.07 Å². The second-order valence-corrected chi connectivity index (χ2v) is 10.9. The third kappa shape index (κ3) is 5.50. The molecule has 6 rings (SSSR count). The summed E-state index contributed by atoms with van der Waals surface area (Å²) in [5, 5.41) is 26.2. The van der Waals surface area contributed by atoms with E-state index in [4.69, 9.17) is 9.26 Å². The minimum absolute atomic E-state index is 0.0286. The van der Waals surface area contributed by atoms with Crippen molar-refractivity contribution in [3.05, 3.63) is 112 Å². The molecule has 0 saturated heterocycles. The molecule has 1 unspecified atom stereocenters. The van der Waals surface area contributed by atoms with Crippen molar-refractivity contribution in [2.24, 2.45) is 0 Å². The lowest BCUT2D eigenvalue weighted by Crippen LogP contribution is -2.23. The Kier molecular flexibility index (Phi) is 7.58. The summed E-state index contributed by atoms with van der Waals surface area (Å²) in [6, 6.07) is 20.4. The number of aliphatic hydroxyl groups is 1. The van der Waals surface area contributed by atoms with Crippen molar-refractivity contribution in [1.82, 2.24) is 20.6 Å². The van der Waals surface area contributed by atoms with Crippen LogP contribution in [-0.4, -0.2) is 38.3 Å². The van der Waals surface area contributed by atoms with Crippen LogP contribution in [0.1, 0.15) is 65.2 Å². The fourth-order valence-electron chi connectivity index (χ4n) is 5.51. The van der Waals surface area contributed by atoms with E-state index in [-0.39, 0.29) is 18.1 Å². The third-order valence-corrected chi connectivity index (χ3v) is 8.05. The van der Waals surface area contributed by atoms with E-state index < -0.39 is 23.3 Å². The van der Waals surface area contributed by atoms with Crippen LogP contribution < -0.4 is 0 Å². The van der Waals surface area contributed by atoms with Crippen LogP contribution in [0.4, 0.5) is 13.2 Å². The molecule has 2 aromatic heterocycles. The Balaban J connectivity index is 1.22. The van der Waals surface area contributed by atoms with E-state index in [0.29, 0.717) is 40.4 Å². The monoisotopic (exact) mass is 602 g/mol. The molecule has 11 heteroatoms. The molecule has 0 bridgehead atoms. The molecular weight excluding hydrogens is 573 g/mol. The lowest BCUT2D eigenvalue weighted by molar-refractivity contribution is -0.146. The fraction of sp³-hybridized carbons (Fsp3) is 0.273. The predicted molar refractivity (Wildman–Crippen MR) is 154 cm³/mol. The maximum absolute atomic E-state index is 13.2. The van der Waals surface area contributed by atoms with Crippen LogP contribution in [0.3, 0.4) is 0 Å². The van der Waals surface area contributed by atoms with Gasteiger partial charge in [0.1, 0.15) is 11.8 Å². The maximum Gasteiger partial charge on any atom is 0.416 e. The minimum atomic E-state index is -4.47. The van der Waals surface area contributed by atoms with Gasteiger partial charge >= 0.3 is 12.1 Å². The molecule has 1 aliphatic carbocycles. The summed E-state index contributed by atoms with van der Waals surface area (Å²) in [4.78, 5) is 12.5. The van der Waals surface area contributed by atoms with Crippen LogP contribution in [0.2, 0.25) is 0 Å². The Hall–Kier alpha value is -4.77. The number of nitrogens with one attached hydrogen (secondary N) is 1. The van der Waals surface area contributed by atoms with Crippen LogP contribution >= 0.6 is 0 Å². The first kappa shape index (κ1) is 29.3. The van der Waals surface area contributed by atoms with Gasteiger partial charge in [-0.3, -0.25) is 4.79 Å². The summed E-state index contributed by atoms with van der Waals surface area (Å²) in [5.74, 6) is 0.167. The fourth-order valence-corrected chi connectivity index (χ4v) is 5.51. The van der Waals surface area contributed by atoms with Gasteiger partial charge in [-0.15, -0.1) is 0 Å². The largest absolute Gasteiger partial charge is 0.465 e. The molecule has 3 aromatic carbocycles. The molecule has 5 aromatic rings. The lowest BCUT2D eigenvalue weighted by Gasteiger charge is -2.15. The van der Waals surface area contributed by atoms with Crippen molar-refractivity contribution in [3.8, 4) is 22.5 Å². The van der Waals surface area contributed by atoms with Gasteiger partial charge < -0.3 is 14.4 Å². The molecule has 0 amide bonds. The Bertz CT molecular complexity index is 1790. The van der Waals surface area contributed by atoms with Gasteiger partial charge in [0.2, 0.25) is 0 Å². The molecule has 1 aliphatic rings. The van der Waals surface area contributed by atoms with Crippen molar-refractivity contribution >= 4 is 5.97 Å². The smallest absolute Gasteiger partial charge is 0.416 e. The molecule has 0 radical (unpaired) electrons. The SMILES string of the molecule is CCOC(=O)C1(c2ccc(-c3ccc(-c4onc(C)c4C(O)c4n[nH]nc4Cc4cccc(C(F)(F)F)c4)cc3)cc2)CC1. The lowest BCUT2D eigenvalue weighted by atomic mass is 9.93. The zero-order valence-corrected chi connectivity index (χ0v) is 24.0. The molecule has 2 heterocycles. The number of benzene rings is 3. The number of ether oxygens (including phenoxy) is 1. The maximum atomic E-state index is 13.2. The highest BCUT2D eigenvalue weighted by Crippen LogP contribution is 2.49. The van der Waals surface area contributed by atoms with Gasteiger partial charge in [0.25, 0.3) is 0 Å². The molecule has 1 saturated carbocycles. The summed E-state index contributed by atoms with van der Waals surface area (Å²) in [5.41, 5.74) is 3.91. The summed E-state index contributed by atoms with van der Waals surface area (Å²) in [7, 11) is 0.